The number of hydrogen-bond donors (Lipinski definition) is 1. The van der Waals surface area contributed by atoms with Gasteiger partial charge in [0, 0.05) is 12.3 Å². The minimum atomic E-state index is -4.91. The Balaban J connectivity index is 1.71. The van der Waals surface area contributed by atoms with Gasteiger partial charge in [0.05, 0.1) is 6.61 Å². The third kappa shape index (κ3) is 3.20. The molecule has 4 saturated carbocycles. The van der Waals surface area contributed by atoms with Gasteiger partial charge in [-0.3, -0.25) is 4.79 Å². The molecule has 4 bridgehead atoms. The molecule has 1 N–H and O–H groups in total. The van der Waals surface area contributed by atoms with Gasteiger partial charge in [-0.25, -0.2) is 22.3 Å². The van der Waals surface area contributed by atoms with Crippen LogP contribution in [0.1, 0.15) is 45.4 Å². The van der Waals surface area contributed by atoms with E-state index in [1.54, 1.807) is 0 Å². The van der Waals surface area contributed by atoms with Gasteiger partial charge in [-0.1, -0.05) is 6.58 Å². The molecule has 25 heavy (non-hydrogen) atoms. The van der Waals surface area contributed by atoms with Crippen LogP contribution in [0.2, 0.25) is 0 Å². The molecule has 6 nitrogen and oxygen atoms in total. The molecule has 1 amide bonds. The average Bonchev–Trinajstić information content (AvgIpc) is 2.49. The highest BCUT2D eigenvalue weighted by Crippen LogP contribution is 2.60. The smallest absolute Gasteiger partial charge is 0.366 e. The Bertz CT molecular complexity index is 669. The Morgan fingerprint density at radius 2 is 1.72 bits per heavy atom. The van der Waals surface area contributed by atoms with Gasteiger partial charge in [0.25, 0.3) is 10.0 Å². The molecule has 0 aromatic carbocycles. The van der Waals surface area contributed by atoms with E-state index in [1.807, 2.05) is 0 Å². The van der Waals surface area contributed by atoms with E-state index in [0.717, 1.165) is 26.2 Å². The first-order valence-electron chi connectivity index (χ1n) is 8.62. The second kappa shape index (κ2) is 6.07. The number of rotatable bonds is 6. The molecule has 0 spiro atoms. The third-order valence-corrected chi connectivity index (χ3v) is 7.56. The summed E-state index contributed by atoms with van der Waals surface area (Å²) in [6.07, 6.45) is 6.83. The van der Waals surface area contributed by atoms with E-state index in [-0.39, 0.29) is 12.0 Å². The van der Waals surface area contributed by atoms with Crippen molar-refractivity contribution < 1.29 is 27.1 Å². The van der Waals surface area contributed by atoms with Crippen molar-refractivity contribution in [2.75, 3.05) is 6.61 Å². The Hall–Kier alpha value is -1.44. The summed E-state index contributed by atoms with van der Waals surface area (Å²) in [6, 6.07) is 0. The van der Waals surface area contributed by atoms with E-state index in [0.29, 0.717) is 23.8 Å². The monoisotopic (exact) mass is 373 g/mol. The van der Waals surface area contributed by atoms with Crippen LogP contribution < -0.4 is 4.72 Å². The number of esters is 1. The largest absolute Gasteiger partial charge is 0.462 e. The number of amides is 1. The van der Waals surface area contributed by atoms with Gasteiger partial charge in [0.15, 0.2) is 0 Å². The van der Waals surface area contributed by atoms with Gasteiger partial charge >= 0.3 is 11.0 Å². The zero-order valence-corrected chi connectivity index (χ0v) is 15.1. The van der Waals surface area contributed by atoms with Gasteiger partial charge < -0.3 is 4.74 Å². The maximum absolute atomic E-state index is 14.8. The third-order valence-electron chi connectivity index (χ3n) is 5.88. The second-order valence-electron chi connectivity index (χ2n) is 8.00. The predicted molar refractivity (Wildman–Crippen MR) is 88.3 cm³/mol. The summed E-state index contributed by atoms with van der Waals surface area (Å²) in [5, 5.41) is -3.49. The number of carbonyl (C=O) groups excluding carboxylic acids is 2. The predicted octanol–water partition coefficient (Wildman–Crippen LogP) is 2.06. The highest BCUT2D eigenvalue weighted by atomic mass is 32.2. The van der Waals surface area contributed by atoms with Crippen molar-refractivity contribution >= 4 is 21.9 Å². The Labute approximate surface area is 147 Å². The van der Waals surface area contributed by atoms with E-state index in [1.165, 1.54) is 24.0 Å². The number of halogens is 1. The van der Waals surface area contributed by atoms with Crippen LogP contribution in [0, 0.1) is 23.2 Å². The number of hydrogen-bond acceptors (Lipinski definition) is 5. The van der Waals surface area contributed by atoms with Gasteiger partial charge in [0.1, 0.15) is 0 Å². The van der Waals surface area contributed by atoms with Crippen LogP contribution in [0.4, 0.5) is 4.39 Å². The number of sulfonamides is 1. The number of alkyl halides is 1. The summed E-state index contributed by atoms with van der Waals surface area (Å²) in [7, 11) is -4.91. The molecular weight excluding hydrogens is 349 g/mol. The summed E-state index contributed by atoms with van der Waals surface area (Å²) < 4.78 is 45.4. The van der Waals surface area contributed by atoms with Crippen LogP contribution in [0.15, 0.2) is 12.7 Å². The summed E-state index contributed by atoms with van der Waals surface area (Å²) in [5.41, 5.74) is -0.162. The molecule has 4 aliphatic carbocycles. The lowest BCUT2D eigenvalue weighted by Gasteiger charge is -2.56. The van der Waals surface area contributed by atoms with E-state index < -0.39 is 26.9 Å². The topological polar surface area (TPSA) is 89.5 Å². The molecular formula is C17H24FNO5S. The van der Waals surface area contributed by atoms with Crippen LogP contribution in [-0.4, -0.2) is 31.9 Å². The van der Waals surface area contributed by atoms with Crippen molar-refractivity contribution in [2.45, 2.75) is 50.4 Å². The van der Waals surface area contributed by atoms with Gasteiger partial charge in [-0.2, -0.15) is 0 Å². The number of ether oxygens (including phenoxy) is 1. The SMILES string of the molecule is C=CC(F)(C(=O)OCC12CC3CC(CC(C3)C1)C2)S(=O)(=O)NC(C)=O. The summed E-state index contributed by atoms with van der Waals surface area (Å²) >= 11 is 0. The van der Waals surface area contributed by atoms with Crippen LogP contribution in [0.3, 0.4) is 0 Å². The first kappa shape index (κ1) is 18.4. The van der Waals surface area contributed by atoms with Crippen molar-refractivity contribution in [3.63, 3.8) is 0 Å². The lowest BCUT2D eigenvalue weighted by atomic mass is 9.50. The van der Waals surface area contributed by atoms with Crippen LogP contribution in [0.5, 0.6) is 0 Å². The summed E-state index contributed by atoms with van der Waals surface area (Å²) in [6.45, 7) is 4.03. The molecule has 4 aliphatic rings. The fourth-order valence-corrected chi connectivity index (χ4v) is 6.37. The average molecular weight is 373 g/mol. The minimum Gasteiger partial charge on any atom is -0.462 e. The van der Waals surface area contributed by atoms with E-state index in [9.17, 15) is 22.4 Å². The van der Waals surface area contributed by atoms with E-state index >= 15 is 0 Å². The molecule has 0 aromatic heterocycles. The van der Waals surface area contributed by atoms with Crippen molar-refractivity contribution in [2.24, 2.45) is 23.2 Å². The van der Waals surface area contributed by atoms with Crippen molar-refractivity contribution in [3.8, 4) is 0 Å². The first-order chi connectivity index (χ1) is 11.6. The van der Waals surface area contributed by atoms with Crippen LogP contribution >= 0.6 is 0 Å². The quantitative estimate of drug-likeness (QED) is 0.569. The summed E-state index contributed by atoms with van der Waals surface area (Å²) in [4.78, 5) is 23.2. The molecule has 8 heteroatoms. The maximum Gasteiger partial charge on any atom is 0.366 e. The second-order valence-corrected chi connectivity index (χ2v) is 9.81. The number of carbonyl (C=O) groups is 2. The van der Waals surface area contributed by atoms with Crippen LogP contribution in [0.25, 0.3) is 0 Å². The molecule has 1 atom stereocenters. The fourth-order valence-electron chi connectivity index (χ4n) is 5.35. The van der Waals surface area contributed by atoms with Gasteiger partial charge in [-0.15, -0.1) is 0 Å². The van der Waals surface area contributed by atoms with Gasteiger partial charge in [-0.05, 0) is 62.4 Å². The molecule has 140 valence electrons. The van der Waals surface area contributed by atoms with Crippen molar-refractivity contribution in [1.29, 1.82) is 0 Å². The Morgan fingerprint density at radius 3 is 2.12 bits per heavy atom. The minimum absolute atomic E-state index is 0.0183. The maximum atomic E-state index is 14.8. The van der Waals surface area contributed by atoms with Crippen LogP contribution in [-0.2, 0) is 24.3 Å². The molecule has 4 rings (SSSR count). The lowest BCUT2D eigenvalue weighted by Crippen LogP contribution is -2.52. The standard InChI is InChI=1S/C17H24FNO5S/c1-3-17(18,25(22,23)19-11(2)20)15(21)24-10-16-7-12-4-13(8-16)6-14(5-12)9-16/h3,12-14H,1,4-10H2,2H3,(H,19,20). The number of nitrogens with one attached hydrogen (secondary N) is 1. The molecule has 0 saturated heterocycles. The fraction of sp³-hybridized carbons (Fsp3) is 0.765. The molecule has 1 unspecified atom stereocenters. The zero-order valence-electron chi connectivity index (χ0n) is 14.3. The molecule has 4 fully saturated rings. The molecule has 0 aromatic rings. The summed E-state index contributed by atoms with van der Waals surface area (Å²) in [5.74, 6) is -0.641. The van der Waals surface area contributed by atoms with Crippen molar-refractivity contribution in [1.82, 2.24) is 4.72 Å². The highest BCUT2D eigenvalue weighted by Gasteiger charge is 2.55. The lowest BCUT2D eigenvalue weighted by molar-refractivity contribution is -0.161. The Morgan fingerprint density at radius 1 is 1.24 bits per heavy atom. The zero-order chi connectivity index (χ0) is 18.5. The highest BCUT2D eigenvalue weighted by molar-refractivity contribution is 7.92. The Kier molecular flexibility index (Phi) is 4.46. The molecule has 0 aliphatic heterocycles. The first-order valence-corrected chi connectivity index (χ1v) is 10.1. The molecule has 0 heterocycles. The van der Waals surface area contributed by atoms with Gasteiger partial charge in [0.2, 0.25) is 5.91 Å². The van der Waals surface area contributed by atoms with Crippen molar-refractivity contribution in [3.05, 3.63) is 12.7 Å². The van der Waals surface area contributed by atoms with E-state index in [2.05, 4.69) is 6.58 Å². The molecule has 0 radical (unpaired) electrons. The normalized spacial score (nSPS) is 35.7. The van der Waals surface area contributed by atoms with E-state index in [4.69, 9.17) is 4.74 Å².